The smallest absolute Gasteiger partial charge is 0.411 e. The second-order valence-corrected chi connectivity index (χ2v) is 10.2. The van der Waals surface area contributed by atoms with Gasteiger partial charge in [0.25, 0.3) is 0 Å². The first kappa shape index (κ1) is 24.2. The lowest BCUT2D eigenvalue weighted by Crippen LogP contribution is -2.51. The topological polar surface area (TPSA) is 112 Å². The Bertz CT molecular complexity index is 921. The lowest BCUT2D eigenvalue weighted by Gasteiger charge is -2.38. The molecule has 34 heavy (non-hydrogen) atoms. The Morgan fingerprint density at radius 1 is 1.12 bits per heavy atom. The molecule has 0 aromatic carbocycles. The standard InChI is InChI=1S/C23H34N6O5/c1-23(2,3)34-22(31)28-16-17(15-19(28)21(30)27-9-4-5-10-27)25-11-13-26(14-12-25)20-18(29(32)33)7-6-8-24-20/h6-8,17,19H,4-5,9-16H2,1-3H3/t17-,19-/m0/s1. The molecule has 3 aliphatic rings. The SMILES string of the molecule is CC(C)(C)OC(=O)N1C[C@@H](N2CCN(c3ncccc3[N+](=O)[O-])CC2)C[C@H]1C(=O)N1CCCC1. The van der Waals surface area contributed by atoms with Gasteiger partial charge in [-0.25, -0.2) is 9.78 Å². The molecule has 0 aliphatic carbocycles. The zero-order chi connectivity index (χ0) is 24.5. The fourth-order valence-corrected chi connectivity index (χ4v) is 5.06. The second kappa shape index (κ2) is 9.73. The van der Waals surface area contributed by atoms with Gasteiger partial charge in [0.05, 0.1) is 4.92 Å². The Kier molecular flexibility index (Phi) is 6.92. The first-order chi connectivity index (χ1) is 16.1. The van der Waals surface area contributed by atoms with Gasteiger partial charge in [-0.1, -0.05) is 0 Å². The molecular formula is C23H34N6O5. The molecule has 0 bridgehead atoms. The van der Waals surface area contributed by atoms with Crippen LogP contribution >= 0.6 is 0 Å². The van der Waals surface area contributed by atoms with Crippen LogP contribution in [-0.2, 0) is 9.53 Å². The normalized spacial score (nSPS) is 23.9. The zero-order valence-corrected chi connectivity index (χ0v) is 20.2. The molecule has 11 heteroatoms. The number of hydrogen-bond donors (Lipinski definition) is 0. The number of nitrogens with zero attached hydrogens (tertiary/aromatic N) is 6. The third-order valence-corrected chi connectivity index (χ3v) is 6.70. The summed E-state index contributed by atoms with van der Waals surface area (Å²) in [6, 6.07) is 2.55. The van der Waals surface area contributed by atoms with Crippen molar-refractivity contribution in [2.24, 2.45) is 0 Å². The van der Waals surface area contributed by atoms with Gasteiger partial charge in [0, 0.05) is 64.1 Å². The van der Waals surface area contributed by atoms with Crippen molar-refractivity contribution in [2.45, 2.75) is 57.7 Å². The number of piperazine rings is 1. The highest BCUT2D eigenvalue weighted by Crippen LogP contribution is 2.30. The highest BCUT2D eigenvalue weighted by atomic mass is 16.6. The minimum atomic E-state index is -0.639. The van der Waals surface area contributed by atoms with Crippen molar-refractivity contribution in [1.29, 1.82) is 0 Å². The largest absolute Gasteiger partial charge is 0.444 e. The number of rotatable bonds is 4. The summed E-state index contributed by atoms with van der Waals surface area (Å²) in [5, 5.41) is 11.4. The van der Waals surface area contributed by atoms with E-state index in [-0.39, 0.29) is 17.6 Å². The molecule has 3 saturated heterocycles. The molecule has 3 fully saturated rings. The fourth-order valence-electron chi connectivity index (χ4n) is 5.06. The van der Waals surface area contributed by atoms with Gasteiger partial charge in [0.2, 0.25) is 11.7 Å². The molecule has 0 N–H and O–H groups in total. The summed E-state index contributed by atoms with van der Waals surface area (Å²) in [7, 11) is 0. The first-order valence-electron chi connectivity index (χ1n) is 12.0. The molecular weight excluding hydrogens is 440 g/mol. The number of nitro groups is 1. The molecule has 1 aromatic heterocycles. The van der Waals surface area contributed by atoms with Crippen molar-refractivity contribution < 1.29 is 19.2 Å². The molecule has 0 spiro atoms. The highest BCUT2D eigenvalue weighted by Gasteiger charge is 2.45. The Balaban J connectivity index is 1.44. The van der Waals surface area contributed by atoms with Gasteiger partial charge in [-0.15, -0.1) is 0 Å². The number of amides is 2. The first-order valence-corrected chi connectivity index (χ1v) is 12.0. The minimum absolute atomic E-state index is 0.00388. The van der Waals surface area contributed by atoms with Gasteiger partial charge < -0.3 is 14.5 Å². The van der Waals surface area contributed by atoms with E-state index in [4.69, 9.17) is 4.74 Å². The summed E-state index contributed by atoms with van der Waals surface area (Å²) < 4.78 is 5.63. The number of anilines is 1. The number of ether oxygens (including phenoxy) is 1. The van der Waals surface area contributed by atoms with Crippen LogP contribution in [0.2, 0.25) is 0 Å². The van der Waals surface area contributed by atoms with Gasteiger partial charge in [-0.05, 0) is 46.1 Å². The van der Waals surface area contributed by atoms with Crippen molar-refractivity contribution >= 4 is 23.5 Å². The average molecular weight is 475 g/mol. The van der Waals surface area contributed by atoms with E-state index in [1.165, 1.54) is 6.07 Å². The Morgan fingerprint density at radius 3 is 2.41 bits per heavy atom. The maximum Gasteiger partial charge on any atom is 0.411 e. The summed E-state index contributed by atoms with van der Waals surface area (Å²) >= 11 is 0. The van der Waals surface area contributed by atoms with Crippen molar-refractivity contribution in [1.82, 2.24) is 19.7 Å². The van der Waals surface area contributed by atoms with Gasteiger partial charge in [-0.3, -0.25) is 24.7 Å². The molecule has 4 rings (SSSR count). The van der Waals surface area contributed by atoms with Crippen LogP contribution in [0.3, 0.4) is 0 Å². The average Bonchev–Trinajstić information content (AvgIpc) is 3.48. The van der Waals surface area contributed by atoms with Gasteiger partial charge in [0.15, 0.2) is 0 Å². The number of pyridine rings is 1. The number of likely N-dealkylation sites (tertiary alicyclic amines) is 2. The van der Waals surface area contributed by atoms with E-state index in [1.54, 1.807) is 17.2 Å². The van der Waals surface area contributed by atoms with E-state index in [0.717, 1.165) is 25.9 Å². The van der Waals surface area contributed by atoms with Crippen LogP contribution < -0.4 is 4.90 Å². The molecule has 3 aliphatic heterocycles. The molecule has 0 unspecified atom stereocenters. The predicted octanol–water partition coefficient (Wildman–Crippen LogP) is 2.11. The monoisotopic (exact) mass is 474 g/mol. The molecule has 0 saturated carbocycles. The Hall–Kier alpha value is -2.95. The van der Waals surface area contributed by atoms with E-state index in [1.807, 2.05) is 30.6 Å². The molecule has 1 aromatic rings. The third-order valence-electron chi connectivity index (χ3n) is 6.70. The van der Waals surface area contributed by atoms with Crippen LogP contribution in [-0.4, -0.2) is 100 Å². The predicted molar refractivity (Wildman–Crippen MR) is 126 cm³/mol. The van der Waals surface area contributed by atoms with Crippen LogP contribution in [0.4, 0.5) is 16.3 Å². The molecule has 11 nitrogen and oxygen atoms in total. The van der Waals surface area contributed by atoms with E-state index in [0.29, 0.717) is 45.0 Å². The second-order valence-electron chi connectivity index (χ2n) is 10.2. The van der Waals surface area contributed by atoms with E-state index >= 15 is 0 Å². The number of carbonyl (C=O) groups excluding carboxylic acids is 2. The van der Waals surface area contributed by atoms with Gasteiger partial charge >= 0.3 is 11.8 Å². The van der Waals surface area contributed by atoms with Crippen LogP contribution in [0.1, 0.15) is 40.0 Å². The summed E-state index contributed by atoms with van der Waals surface area (Å²) in [6.45, 7) is 9.91. The van der Waals surface area contributed by atoms with Crippen LogP contribution in [0.25, 0.3) is 0 Å². The quantitative estimate of drug-likeness (QED) is 0.482. The van der Waals surface area contributed by atoms with Gasteiger partial charge in [0.1, 0.15) is 11.6 Å². The summed E-state index contributed by atoms with van der Waals surface area (Å²) in [5.74, 6) is 0.393. The molecule has 2 atom stereocenters. The van der Waals surface area contributed by atoms with E-state index in [2.05, 4.69) is 9.88 Å². The zero-order valence-electron chi connectivity index (χ0n) is 20.2. The third kappa shape index (κ3) is 5.24. The van der Waals surface area contributed by atoms with Crippen molar-refractivity contribution in [3.05, 3.63) is 28.4 Å². The number of aromatic nitrogens is 1. The molecule has 2 amide bonds. The maximum absolute atomic E-state index is 13.3. The number of hydrogen-bond acceptors (Lipinski definition) is 8. The summed E-state index contributed by atoms with van der Waals surface area (Å²) in [4.78, 5) is 49.2. The number of carbonyl (C=O) groups is 2. The van der Waals surface area contributed by atoms with Crippen molar-refractivity contribution in [3.8, 4) is 0 Å². The Labute approximate surface area is 199 Å². The van der Waals surface area contributed by atoms with E-state index in [9.17, 15) is 19.7 Å². The summed E-state index contributed by atoms with van der Waals surface area (Å²) in [5.41, 5.74) is -0.636. The van der Waals surface area contributed by atoms with E-state index < -0.39 is 22.7 Å². The lowest BCUT2D eigenvalue weighted by atomic mass is 10.1. The van der Waals surface area contributed by atoms with Crippen molar-refractivity contribution in [3.63, 3.8) is 0 Å². The molecule has 4 heterocycles. The summed E-state index contributed by atoms with van der Waals surface area (Å²) in [6.07, 6.45) is 3.68. The molecule has 186 valence electrons. The molecule has 0 radical (unpaired) electrons. The lowest BCUT2D eigenvalue weighted by molar-refractivity contribution is -0.384. The van der Waals surface area contributed by atoms with Crippen molar-refractivity contribution in [2.75, 3.05) is 50.7 Å². The Morgan fingerprint density at radius 2 is 1.79 bits per heavy atom. The maximum atomic E-state index is 13.3. The highest BCUT2D eigenvalue weighted by molar-refractivity contribution is 5.86. The van der Waals surface area contributed by atoms with Gasteiger partial charge in [-0.2, -0.15) is 0 Å². The van der Waals surface area contributed by atoms with Crippen LogP contribution in [0, 0.1) is 10.1 Å². The van der Waals surface area contributed by atoms with Crippen LogP contribution in [0.5, 0.6) is 0 Å². The van der Waals surface area contributed by atoms with Crippen LogP contribution in [0.15, 0.2) is 18.3 Å². The minimum Gasteiger partial charge on any atom is -0.444 e. The fraction of sp³-hybridized carbons (Fsp3) is 0.696.